The maximum atomic E-state index is 12.3. The Kier molecular flexibility index (Phi) is 6.68. The summed E-state index contributed by atoms with van der Waals surface area (Å²) in [7, 11) is 0. The van der Waals surface area contributed by atoms with Crippen LogP contribution in [0, 0.1) is 5.92 Å². The molecule has 0 saturated carbocycles. The lowest BCUT2D eigenvalue weighted by atomic mass is 10.1. The molecule has 122 valence electrons. The van der Waals surface area contributed by atoms with Crippen LogP contribution < -0.4 is 5.32 Å². The topological polar surface area (TPSA) is 41.6 Å². The monoisotopic (exact) mass is 314 g/mol. The Morgan fingerprint density at radius 2 is 2.24 bits per heavy atom. The first-order chi connectivity index (χ1) is 10.1. The minimum Gasteiger partial charge on any atom is -0.378 e. The average Bonchev–Trinajstić information content (AvgIpc) is 2.98. The Hall–Kier alpha value is -0.420. The molecule has 2 aliphatic heterocycles. The maximum Gasteiger partial charge on any atom is 0.317 e. The number of rotatable bonds is 5. The Morgan fingerprint density at radius 1 is 1.43 bits per heavy atom. The fourth-order valence-corrected chi connectivity index (χ4v) is 4.24. The van der Waals surface area contributed by atoms with Gasteiger partial charge in [-0.05, 0) is 38.5 Å². The molecule has 4 nitrogen and oxygen atoms in total. The highest BCUT2D eigenvalue weighted by Crippen LogP contribution is 2.25. The molecule has 2 amide bonds. The van der Waals surface area contributed by atoms with E-state index in [2.05, 4.69) is 26.1 Å². The van der Waals surface area contributed by atoms with Crippen molar-refractivity contribution in [3.63, 3.8) is 0 Å². The first-order valence-electron chi connectivity index (χ1n) is 8.35. The molecule has 2 saturated heterocycles. The van der Waals surface area contributed by atoms with Crippen LogP contribution in [0.1, 0.15) is 46.5 Å². The maximum absolute atomic E-state index is 12.3. The summed E-state index contributed by atoms with van der Waals surface area (Å²) in [5.74, 6) is 1.68. The number of nitrogens with one attached hydrogen (secondary N) is 1. The van der Waals surface area contributed by atoms with E-state index in [0.29, 0.717) is 17.3 Å². The number of amides is 2. The number of thioether (sulfide) groups is 1. The van der Waals surface area contributed by atoms with Crippen molar-refractivity contribution < 1.29 is 9.53 Å². The molecule has 2 fully saturated rings. The van der Waals surface area contributed by atoms with Crippen LogP contribution in [0.15, 0.2) is 0 Å². The summed E-state index contributed by atoms with van der Waals surface area (Å²) in [5.41, 5.74) is 0. The van der Waals surface area contributed by atoms with Crippen LogP contribution in [0.5, 0.6) is 0 Å². The van der Waals surface area contributed by atoms with Crippen molar-refractivity contribution in [3.05, 3.63) is 0 Å². The SMILES string of the molecule is CC(C)[C@H]1CN(C(=O)N[C@H](C)CC[C@@H]2CCCO2)CCS1. The van der Waals surface area contributed by atoms with Gasteiger partial charge in [0, 0.05) is 36.7 Å². The number of nitrogens with zero attached hydrogens (tertiary/aromatic N) is 1. The number of carbonyl (C=O) groups is 1. The van der Waals surface area contributed by atoms with Crippen LogP contribution in [0.3, 0.4) is 0 Å². The second kappa shape index (κ2) is 8.28. The number of urea groups is 1. The fraction of sp³-hybridized carbons (Fsp3) is 0.938. The van der Waals surface area contributed by atoms with Crippen molar-refractivity contribution in [1.29, 1.82) is 0 Å². The average molecular weight is 314 g/mol. The molecule has 0 aliphatic carbocycles. The number of hydrogen-bond acceptors (Lipinski definition) is 3. The number of ether oxygens (including phenoxy) is 1. The van der Waals surface area contributed by atoms with Gasteiger partial charge in [0.25, 0.3) is 0 Å². The zero-order chi connectivity index (χ0) is 15.2. The van der Waals surface area contributed by atoms with Crippen molar-refractivity contribution >= 4 is 17.8 Å². The summed E-state index contributed by atoms with van der Waals surface area (Å²) in [6.45, 7) is 9.25. The first-order valence-corrected chi connectivity index (χ1v) is 9.39. The van der Waals surface area contributed by atoms with Crippen molar-refractivity contribution in [2.24, 2.45) is 5.92 Å². The Bertz CT molecular complexity index is 332. The predicted molar refractivity (Wildman–Crippen MR) is 88.9 cm³/mol. The first kappa shape index (κ1) is 16.9. The fourth-order valence-electron chi connectivity index (χ4n) is 2.95. The largest absolute Gasteiger partial charge is 0.378 e. The van der Waals surface area contributed by atoms with Crippen molar-refractivity contribution in [3.8, 4) is 0 Å². The van der Waals surface area contributed by atoms with E-state index in [4.69, 9.17) is 4.74 Å². The molecule has 1 N–H and O–H groups in total. The van der Waals surface area contributed by atoms with E-state index in [1.807, 2.05) is 16.7 Å². The summed E-state index contributed by atoms with van der Waals surface area (Å²) in [6.07, 6.45) is 4.85. The Balaban J connectivity index is 1.69. The van der Waals surface area contributed by atoms with Crippen molar-refractivity contribution in [2.45, 2.75) is 63.9 Å². The van der Waals surface area contributed by atoms with E-state index in [1.165, 1.54) is 12.8 Å². The highest BCUT2D eigenvalue weighted by Gasteiger charge is 2.26. The van der Waals surface area contributed by atoms with E-state index in [1.54, 1.807) is 0 Å². The van der Waals surface area contributed by atoms with Gasteiger partial charge in [-0.2, -0.15) is 11.8 Å². The normalized spacial score (nSPS) is 27.9. The van der Waals surface area contributed by atoms with Gasteiger partial charge in [-0.25, -0.2) is 4.79 Å². The molecule has 0 spiro atoms. The van der Waals surface area contributed by atoms with Gasteiger partial charge in [-0.1, -0.05) is 13.8 Å². The lowest BCUT2D eigenvalue weighted by molar-refractivity contribution is 0.0999. The van der Waals surface area contributed by atoms with Gasteiger partial charge in [0.1, 0.15) is 0 Å². The van der Waals surface area contributed by atoms with Crippen LogP contribution in [0.4, 0.5) is 4.79 Å². The van der Waals surface area contributed by atoms with Crippen molar-refractivity contribution in [1.82, 2.24) is 10.2 Å². The van der Waals surface area contributed by atoms with Crippen LogP contribution >= 0.6 is 11.8 Å². The molecule has 21 heavy (non-hydrogen) atoms. The van der Waals surface area contributed by atoms with Gasteiger partial charge in [0.2, 0.25) is 0 Å². The summed E-state index contributed by atoms with van der Waals surface area (Å²) in [5, 5.41) is 3.73. The zero-order valence-electron chi connectivity index (χ0n) is 13.6. The molecule has 0 aromatic heterocycles. The number of carbonyl (C=O) groups excluding carboxylic acids is 1. The van der Waals surface area contributed by atoms with Gasteiger partial charge in [-0.15, -0.1) is 0 Å². The van der Waals surface area contributed by atoms with Crippen molar-refractivity contribution in [2.75, 3.05) is 25.4 Å². The summed E-state index contributed by atoms with van der Waals surface area (Å²) in [6, 6.07) is 0.342. The molecule has 2 heterocycles. The number of hydrogen-bond donors (Lipinski definition) is 1. The highest BCUT2D eigenvalue weighted by molar-refractivity contribution is 8.00. The van der Waals surface area contributed by atoms with Gasteiger partial charge >= 0.3 is 6.03 Å². The Morgan fingerprint density at radius 3 is 2.90 bits per heavy atom. The molecule has 0 aromatic carbocycles. The van der Waals surface area contributed by atoms with Gasteiger partial charge < -0.3 is 15.0 Å². The van der Waals surface area contributed by atoms with Crippen LogP contribution in [0.25, 0.3) is 0 Å². The second-order valence-electron chi connectivity index (χ2n) is 6.66. The lowest BCUT2D eigenvalue weighted by Crippen LogP contribution is -2.50. The van der Waals surface area contributed by atoms with Gasteiger partial charge in [0.05, 0.1) is 6.10 Å². The van der Waals surface area contributed by atoms with E-state index >= 15 is 0 Å². The molecule has 0 unspecified atom stereocenters. The second-order valence-corrected chi connectivity index (χ2v) is 8.01. The third-order valence-corrected chi connectivity index (χ3v) is 5.98. The molecule has 2 aliphatic rings. The predicted octanol–water partition coefficient (Wildman–Crippen LogP) is 3.12. The lowest BCUT2D eigenvalue weighted by Gasteiger charge is -2.35. The van der Waals surface area contributed by atoms with E-state index in [9.17, 15) is 4.79 Å². The zero-order valence-corrected chi connectivity index (χ0v) is 14.5. The Labute approximate surface area is 133 Å². The quantitative estimate of drug-likeness (QED) is 0.848. The van der Waals surface area contributed by atoms with E-state index in [-0.39, 0.29) is 12.1 Å². The third kappa shape index (κ3) is 5.37. The summed E-state index contributed by atoms with van der Waals surface area (Å²) >= 11 is 2.00. The summed E-state index contributed by atoms with van der Waals surface area (Å²) in [4.78, 5) is 14.3. The van der Waals surface area contributed by atoms with Crippen LogP contribution in [-0.4, -0.2) is 53.8 Å². The van der Waals surface area contributed by atoms with Gasteiger partial charge in [0.15, 0.2) is 0 Å². The molecule has 2 rings (SSSR count). The van der Waals surface area contributed by atoms with E-state index < -0.39 is 0 Å². The third-order valence-electron chi connectivity index (χ3n) is 4.44. The standard InChI is InChI=1S/C16H30N2O2S/c1-12(2)15-11-18(8-10-21-15)16(19)17-13(3)6-7-14-5-4-9-20-14/h12-15H,4-11H2,1-3H3,(H,17,19)/t13-,14+,15-/m1/s1. The van der Waals surface area contributed by atoms with Crippen LogP contribution in [-0.2, 0) is 4.74 Å². The van der Waals surface area contributed by atoms with Gasteiger partial charge in [-0.3, -0.25) is 0 Å². The molecule has 0 aromatic rings. The highest BCUT2D eigenvalue weighted by atomic mass is 32.2. The molecule has 5 heteroatoms. The molecule has 3 atom stereocenters. The van der Waals surface area contributed by atoms with E-state index in [0.717, 1.165) is 38.3 Å². The smallest absolute Gasteiger partial charge is 0.317 e. The minimum absolute atomic E-state index is 0.112. The molecular weight excluding hydrogens is 284 g/mol. The minimum atomic E-state index is 0.112. The summed E-state index contributed by atoms with van der Waals surface area (Å²) < 4.78 is 5.64. The van der Waals surface area contributed by atoms with Crippen LogP contribution in [0.2, 0.25) is 0 Å². The molecular formula is C16H30N2O2S. The molecule has 0 bridgehead atoms. The molecule has 0 radical (unpaired) electrons.